The number of hydrogen-bond acceptors (Lipinski definition) is 4. The first-order valence-corrected chi connectivity index (χ1v) is 9.39. The number of carbonyl (C=O) groups is 1. The average Bonchev–Trinajstić information content (AvgIpc) is 3.15. The van der Waals surface area contributed by atoms with Crippen LogP contribution in [0, 0.1) is 11.8 Å². The van der Waals surface area contributed by atoms with E-state index in [9.17, 15) is 4.79 Å². The van der Waals surface area contributed by atoms with Gasteiger partial charge in [0, 0.05) is 37.0 Å². The van der Waals surface area contributed by atoms with Gasteiger partial charge in [-0.1, -0.05) is 23.9 Å². The summed E-state index contributed by atoms with van der Waals surface area (Å²) in [5, 5.41) is 5.04. The average molecular weight is 323 g/mol. The lowest BCUT2D eigenvalue weighted by atomic mass is 9.86. The number of thiazole rings is 1. The number of rotatable bonds is 5. The lowest BCUT2D eigenvalue weighted by Gasteiger charge is -2.17. The van der Waals surface area contributed by atoms with Crippen LogP contribution in [0.25, 0.3) is 0 Å². The lowest BCUT2D eigenvalue weighted by Crippen LogP contribution is -2.39. The van der Waals surface area contributed by atoms with Crippen molar-refractivity contribution >= 4 is 29.1 Å². The summed E-state index contributed by atoms with van der Waals surface area (Å²) in [5.74, 6) is 2.37. The highest BCUT2D eigenvalue weighted by Crippen LogP contribution is 2.32. The van der Waals surface area contributed by atoms with E-state index in [1.807, 2.05) is 16.5 Å². The van der Waals surface area contributed by atoms with Gasteiger partial charge in [-0.05, 0) is 31.1 Å². The Labute approximate surface area is 134 Å². The Morgan fingerprint density at radius 1 is 1.38 bits per heavy atom. The SMILES string of the molecule is O=C(NCCCSc1nccs1)N1CC2CC=CCC2C1. The van der Waals surface area contributed by atoms with Crippen LogP contribution in [0.4, 0.5) is 4.79 Å². The van der Waals surface area contributed by atoms with Crippen molar-refractivity contribution < 1.29 is 4.79 Å². The van der Waals surface area contributed by atoms with Gasteiger partial charge in [-0.3, -0.25) is 0 Å². The molecule has 0 spiro atoms. The van der Waals surface area contributed by atoms with Crippen LogP contribution in [0.5, 0.6) is 0 Å². The molecule has 0 saturated carbocycles. The van der Waals surface area contributed by atoms with Crippen molar-refractivity contribution in [2.24, 2.45) is 11.8 Å². The van der Waals surface area contributed by atoms with Crippen molar-refractivity contribution in [3.05, 3.63) is 23.7 Å². The zero-order chi connectivity index (χ0) is 14.5. The number of nitrogens with zero attached hydrogens (tertiary/aromatic N) is 2. The zero-order valence-electron chi connectivity index (χ0n) is 12.0. The van der Waals surface area contributed by atoms with Crippen LogP contribution in [0.3, 0.4) is 0 Å². The largest absolute Gasteiger partial charge is 0.338 e. The highest BCUT2D eigenvalue weighted by molar-refractivity contribution is 8.00. The Hall–Kier alpha value is -1.01. The number of aromatic nitrogens is 1. The van der Waals surface area contributed by atoms with Crippen LogP contribution >= 0.6 is 23.1 Å². The second-order valence-electron chi connectivity index (χ2n) is 5.60. The van der Waals surface area contributed by atoms with Crippen LogP contribution < -0.4 is 5.32 Å². The van der Waals surface area contributed by atoms with E-state index in [1.165, 1.54) is 0 Å². The highest BCUT2D eigenvalue weighted by atomic mass is 32.2. The maximum absolute atomic E-state index is 12.2. The summed E-state index contributed by atoms with van der Waals surface area (Å²) < 4.78 is 1.11. The minimum Gasteiger partial charge on any atom is -0.338 e. The Kier molecular flexibility index (Phi) is 5.19. The van der Waals surface area contributed by atoms with Crippen LogP contribution in [0.15, 0.2) is 28.1 Å². The Balaban J connectivity index is 1.32. The first-order valence-electron chi connectivity index (χ1n) is 7.53. The summed E-state index contributed by atoms with van der Waals surface area (Å²) in [6, 6.07) is 0.114. The van der Waals surface area contributed by atoms with Gasteiger partial charge in [0.05, 0.1) is 0 Å². The molecule has 1 aliphatic carbocycles. The standard InChI is InChI=1S/C15H21N3OS2/c19-14(16-6-3-8-20-15-17-7-9-21-15)18-10-12-4-1-2-5-13(12)11-18/h1-2,7,9,12-13H,3-6,8,10-11H2,(H,16,19). The minimum absolute atomic E-state index is 0.114. The first-order chi connectivity index (χ1) is 10.3. The van der Waals surface area contributed by atoms with Crippen LogP contribution in [-0.4, -0.2) is 41.3 Å². The molecule has 114 valence electrons. The first kappa shape index (κ1) is 14.9. The highest BCUT2D eigenvalue weighted by Gasteiger charge is 2.34. The third kappa shape index (κ3) is 4.01. The summed E-state index contributed by atoms with van der Waals surface area (Å²) in [6.45, 7) is 2.60. The van der Waals surface area contributed by atoms with E-state index in [1.54, 1.807) is 23.1 Å². The molecule has 3 rings (SSSR count). The molecule has 1 N–H and O–H groups in total. The van der Waals surface area contributed by atoms with E-state index in [-0.39, 0.29) is 6.03 Å². The molecular formula is C15H21N3OS2. The summed E-state index contributed by atoms with van der Waals surface area (Å²) in [6.07, 6.45) is 9.61. The van der Waals surface area contributed by atoms with Gasteiger partial charge in [-0.25, -0.2) is 9.78 Å². The molecule has 4 nitrogen and oxygen atoms in total. The Bertz CT molecular complexity index is 473. The van der Waals surface area contributed by atoms with Gasteiger partial charge >= 0.3 is 6.03 Å². The van der Waals surface area contributed by atoms with Gasteiger partial charge in [0.2, 0.25) is 0 Å². The summed E-state index contributed by atoms with van der Waals surface area (Å²) in [4.78, 5) is 18.4. The summed E-state index contributed by atoms with van der Waals surface area (Å²) >= 11 is 3.43. The van der Waals surface area contributed by atoms with Gasteiger partial charge in [0.25, 0.3) is 0 Å². The molecule has 6 heteroatoms. The molecular weight excluding hydrogens is 302 g/mol. The number of nitrogens with one attached hydrogen (secondary N) is 1. The second kappa shape index (κ2) is 7.31. The number of fused-ring (bicyclic) bond motifs is 1. The maximum atomic E-state index is 12.2. The van der Waals surface area contributed by atoms with Crippen LogP contribution in [0.1, 0.15) is 19.3 Å². The zero-order valence-corrected chi connectivity index (χ0v) is 13.7. The van der Waals surface area contributed by atoms with Gasteiger partial charge in [0.15, 0.2) is 0 Å². The van der Waals surface area contributed by atoms with Crippen molar-refractivity contribution in [3.63, 3.8) is 0 Å². The molecule has 0 radical (unpaired) electrons. The van der Waals surface area contributed by atoms with E-state index in [0.717, 1.165) is 49.0 Å². The minimum atomic E-state index is 0.114. The molecule has 0 aromatic carbocycles. The van der Waals surface area contributed by atoms with E-state index >= 15 is 0 Å². The normalized spacial score (nSPS) is 24.1. The van der Waals surface area contributed by atoms with E-state index in [4.69, 9.17) is 0 Å². The molecule has 1 aliphatic heterocycles. The van der Waals surface area contributed by atoms with Gasteiger partial charge in [-0.15, -0.1) is 11.3 Å². The number of urea groups is 1. The Morgan fingerprint density at radius 2 is 2.14 bits per heavy atom. The van der Waals surface area contributed by atoms with Gasteiger partial charge in [-0.2, -0.15) is 0 Å². The summed E-state index contributed by atoms with van der Waals surface area (Å²) in [7, 11) is 0. The molecule has 2 atom stereocenters. The molecule has 1 aromatic rings. The number of thioether (sulfide) groups is 1. The Morgan fingerprint density at radius 3 is 2.81 bits per heavy atom. The molecule has 2 amide bonds. The fourth-order valence-corrected chi connectivity index (χ4v) is 4.65. The fourth-order valence-electron chi connectivity index (χ4n) is 3.00. The fraction of sp³-hybridized carbons (Fsp3) is 0.600. The molecule has 21 heavy (non-hydrogen) atoms. The van der Waals surface area contributed by atoms with Gasteiger partial charge < -0.3 is 10.2 Å². The summed E-state index contributed by atoms with van der Waals surface area (Å²) in [5.41, 5.74) is 0. The molecule has 2 aliphatic rings. The van der Waals surface area contributed by atoms with E-state index in [2.05, 4.69) is 22.5 Å². The van der Waals surface area contributed by atoms with Crippen molar-refractivity contribution in [2.45, 2.75) is 23.6 Å². The van der Waals surface area contributed by atoms with Crippen LogP contribution in [-0.2, 0) is 0 Å². The topological polar surface area (TPSA) is 45.2 Å². The molecule has 1 aromatic heterocycles. The van der Waals surface area contributed by atoms with Crippen molar-refractivity contribution in [1.29, 1.82) is 0 Å². The van der Waals surface area contributed by atoms with Gasteiger partial charge in [0.1, 0.15) is 4.34 Å². The van der Waals surface area contributed by atoms with Crippen molar-refractivity contribution in [3.8, 4) is 0 Å². The van der Waals surface area contributed by atoms with Crippen molar-refractivity contribution in [2.75, 3.05) is 25.4 Å². The molecule has 1 saturated heterocycles. The third-order valence-electron chi connectivity index (χ3n) is 4.14. The van der Waals surface area contributed by atoms with E-state index in [0.29, 0.717) is 11.8 Å². The number of hydrogen-bond donors (Lipinski definition) is 1. The molecule has 2 unspecified atom stereocenters. The maximum Gasteiger partial charge on any atom is 0.317 e. The molecule has 2 heterocycles. The number of likely N-dealkylation sites (tertiary alicyclic amines) is 1. The van der Waals surface area contributed by atoms with Crippen molar-refractivity contribution in [1.82, 2.24) is 15.2 Å². The molecule has 1 fully saturated rings. The third-order valence-corrected chi connectivity index (χ3v) is 6.19. The van der Waals surface area contributed by atoms with Crippen LogP contribution in [0.2, 0.25) is 0 Å². The van der Waals surface area contributed by atoms with E-state index < -0.39 is 0 Å². The second-order valence-corrected chi connectivity index (χ2v) is 7.84. The predicted molar refractivity (Wildman–Crippen MR) is 87.8 cm³/mol. The number of allylic oxidation sites excluding steroid dienone is 2. The predicted octanol–water partition coefficient (Wildman–Crippen LogP) is 3.23. The quantitative estimate of drug-likeness (QED) is 0.514. The monoisotopic (exact) mass is 323 g/mol. The number of carbonyl (C=O) groups excluding carboxylic acids is 1. The number of amides is 2. The smallest absolute Gasteiger partial charge is 0.317 e. The lowest BCUT2D eigenvalue weighted by molar-refractivity contribution is 0.206. The molecule has 0 bridgehead atoms.